The van der Waals surface area contributed by atoms with Gasteiger partial charge >= 0.3 is 0 Å². The van der Waals surface area contributed by atoms with Gasteiger partial charge in [-0.3, -0.25) is 4.79 Å². The third-order valence-corrected chi connectivity index (χ3v) is 4.78. The van der Waals surface area contributed by atoms with Crippen molar-refractivity contribution in [2.24, 2.45) is 0 Å². The Hall–Kier alpha value is -2.73. The molecule has 0 radical (unpaired) electrons. The molecular weight excluding hydrogens is 320 g/mol. The summed E-state index contributed by atoms with van der Waals surface area (Å²) >= 11 is 1.39. The molecule has 3 N–H and O–H groups in total. The normalized spacial score (nSPS) is 11.9. The molecule has 0 saturated carbocycles. The maximum atomic E-state index is 12.5. The number of amides is 1. The van der Waals surface area contributed by atoms with Crippen molar-refractivity contribution >= 4 is 23.2 Å². The number of nitrogens with two attached hydrogens (primary N) is 1. The van der Waals surface area contributed by atoms with E-state index in [4.69, 9.17) is 5.73 Å². The molecule has 0 aliphatic rings. The standard InChI is InChI=1S/C18H18N4OS/c1-2-13(12-6-4-3-5-7-12)21-17(23)16-9-8-15(24-16)14-10-11-20-18(19)22-14/h3-11,13H,2H2,1H3,(H,21,23)(H2,19,20,22)/t13-/m0/s1. The fourth-order valence-corrected chi connectivity index (χ4v) is 3.32. The first-order valence-corrected chi connectivity index (χ1v) is 8.53. The number of benzene rings is 1. The van der Waals surface area contributed by atoms with Gasteiger partial charge in [0.25, 0.3) is 5.91 Å². The summed E-state index contributed by atoms with van der Waals surface area (Å²) < 4.78 is 0. The summed E-state index contributed by atoms with van der Waals surface area (Å²) in [5, 5.41) is 3.09. The highest BCUT2D eigenvalue weighted by atomic mass is 32.1. The molecule has 3 rings (SSSR count). The maximum absolute atomic E-state index is 12.5. The molecule has 122 valence electrons. The second-order valence-corrected chi connectivity index (χ2v) is 6.39. The van der Waals surface area contributed by atoms with Gasteiger partial charge in [0.05, 0.1) is 21.5 Å². The maximum Gasteiger partial charge on any atom is 0.261 e. The van der Waals surface area contributed by atoms with Gasteiger partial charge < -0.3 is 11.1 Å². The number of rotatable bonds is 5. The summed E-state index contributed by atoms with van der Waals surface area (Å²) in [6.45, 7) is 2.06. The van der Waals surface area contributed by atoms with E-state index in [1.165, 1.54) is 11.3 Å². The van der Waals surface area contributed by atoms with Crippen molar-refractivity contribution < 1.29 is 4.79 Å². The van der Waals surface area contributed by atoms with Gasteiger partial charge in [-0.25, -0.2) is 9.97 Å². The van der Waals surface area contributed by atoms with E-state index in [9.17, 15) is 4.79 Å². The Morgan fingerprint density at radius 1 is 1.21 bits per heavy atom. The van der Waals surface area contributed by atoms with Gasteiger partial charge in [-0.2, -0.15) is 0 Å². The van der Waals surface area contributed by atoms with Crippen LogP contribution in [0.15, 0.2) is 54.7 Å². The van der Waals surface area contributed by atoms with E-state index >= 15 is 0 Å². The van der Waals surface area contributed by atoms with Crippen molar-refractivity contribution in [3.05, 3.63) is 65.2 Å². The Labute approximate surface area is 144 Å². The van der Waals surface area contributed by atoms with Crippen LogP contribution in [0.25, 0.3) is 10.6 Å². The minimum absolute atomic E-state index is 0.000977. The van der Waals surface area contributed by atoms with Crippen LogP contribution in [0.4, 0.5) is 5.95 Å². The first-order chi connectivity index (χ1) is 11.7. The zero-order chi connectivity index (χ0) is 16.9. The highest BCUT2D eigenvalue weighted by molar-refractivity contribution is 7.17. The van der Waals surface area contributed by atoms with Gasteiger partial charge in [0, 0.05) is 6.20 Å². The molecule has 2 heterocycles. The monoisotopic (exact) mass is 338 g/mol. The number of aromatic nitrogens is 2. The molecule has 0 aliphatic carbocycles. The van der Waals surface area contributed by atoms with Crippen LogP contribution in [0.1, 0.15) is 34.6 Å². The molecule has 24 heavy (non-hydrogen) atoms. The number of carbonyl (C=O) groups is 1. The third-order valence-electron chi connectivity index (χ3n) is 3.67. The van der Waals surface area contributed by atoms with Gasteiger partial charge in [0.2, 0.25) is 5.95 Å². The lowest BCUT2D eigenvalue weighted by atomic mass is 10.0. The Bertz CT molecular complexity index is 832. The van der Waals surface area contributed by atoms with Crippen LogP contribution in [0.5, 0.6) is 0 Å². The molecule has 1 amide bonds. The van der Waals surface area contributed by atoms with Gasteiger partial charge in [0.1, 0.15) is 0 Å². The van der Waals surface area contributed by atoms with Gasteiger partial charge in [0.15, 0.2) is 0 Å². The molecule has 3 aromatic rings. The molecule has 0 aliphatic heterocycles. The molecule has 5 nitrogen and oxygen atoms in total. The van der Waals surface area contributed by atoms with Crippen molar-refractivity contribution in [2.75, 3.05) is 5.73 Å². The third kappa shape index (κ3) is 3.60. The van der Waals surface area contributed by atoms with Crippen LogP contribution < -0.4 is 11.1 Å². The van der Waals surface area contributed by atoms with E-state index in [-0.39, 0.29) is 17.9 Å². The molecule has 0 bridgehead atoms. The molecule has 0 fully saturated rings. The lowest BCUT2D eigenvalue weighted by Gasteiger charge is -2.16. The lowest BCUT2D eigenvalue weighted by Crippen LogP contribution is -2.27. The van der Waals surface area contributed by atoms with E-state index in [1.54, 1.807) is 12.3 Å². The molecule has 1 atom stereocenters. The van der Waals surface area contributed by atoms with E-state index in [0.29, 0.717) is 4.88 Å². The molecule has 0 saturated heterocycles. The first kappa shape index (κ1) is 16.1. The predicted molar refractivity (Wildman–Crippen MR) is 96.7 cm³/mol. The number of hydrogen-bond donors (Lipinski definition) is 2. The molecule has 1 aromatic carbocycles. The second-order valence-electron chi connectivity index (χ2n) is 5.31. The van der Waals surface area contributed by atoms with Crippen molar-refractivity contribution in [2.45, 2.75) is 19.4 Å². The van der Waals surface area contributed by atoms with Gasteiger partial charge in [-0.05, 0) is 30.2 Å². The zero-order valence-electron chi connectivity index (χ0n) is 13.3. The zero-order valence-corrected chi connectivity index (χ0v) is 14.1. The van der Waals surface area contributed by atoms with E-state index in [0.717, 1.165) is 22.6 Å². The number of hydrogen-bond acceptors (Lipinski definition) is 5. The fourth-order valence-electron chi connectivity index (χ4n) is 2.44. The summed E-state index contributed by atoms with van der Waals surface area (Å²) in [7, 11) is 0. The highest BCUT2D eigenvalue weighted by Crippen LogP contribution is 2.27. The quantitative estimate of drug-likeness (QED) is 0.744. The number of carbonyl (C=O) groups excluding carboxylic acids is 1. The molecule has 2 aromatic heterocycles. The Balaban J connectivity index is 1.76. The number of anilines is 1. The van der Waals surface area contributed by atoms with Gasteiger partial charge in [-0.15, -0.1) is 11.3 Å². The highest BCUT2D eigenvalue weighted by Gasteiger charge is 2.16. The van der Waals surface area contributed by atoms with E-state index in [2.05, 4.69) is 22.2 Å². The molecule has 6 heteroatoms. The van der Waals surface area contributed by atoms with Crippen molar-refractivity contribution in [1.29, 1.82) is 0 Å². The van der Waals surface area contributed by atoms with Crippen LogP contribution in [0.2, 0.25) is 0 Å². The average Bonchev–Trinajstić information content (AvgIpc) is 3.10. The van der Waals surface area contributed by atoms with Crippen molar-refractivity contribution in [3.63, 3.8) is 0 Å². The van der Waals surface area contributed by atoms with Crippen LogP contribution >= 0.6 is 11.3 Å². The van der Waals surface area contributed by atoms with Gasteiger partial charge in [-0.1, -0.05) is 37.3 Å². The molecular formula is C18H18N4OS. The largest absolute Gasteiger partial charge is 0.368 e. The first-order valence-electron chi connectivity index (χ1n) is 7.72. The van der Waals surface area contributed by atoms with Crippen LogP contribution in [0, 0.1) is 0 Å². The summed E-state index contributed by atoms with van der Waals surface area (Å²) in [5.41, 5.74) is 7.44. The van der Waals surface area contributed by atoms with Crippen molar-refractivity contribution in [1.82, 2.24) is 15.3 Å². The Kier molecular flexibility index (Phi) is 4.86. The SMILES string of the molecule is CC[C@H](NC(=O)c1ccc(-c2ccnc(N)n2)s1)c1ccccc1. The number of nitrogen functional groups attached to an aromatic ring is 1. The number of thiophene rings is 1. The van der Waals surface area contributed by atoms with E-state index < -0.39 is 0 Å². The summed E-state index contributed by atoms with van der Waals surface area (Å²) in [6, 6.07) is 15.4. The minimum atomic E-state index is -0.0796. The lowest BCUT2D eigenvalue weighted by molar-refractivity contribution is 0.0939. The predicted octanol–water partition coefficient (Wildman–Crippen LogP) is 3.67. The van der Waals surface area contributed by atoms with E-state index in [1.807, 2.05) is 42.5 Å². The fraction of sp³-hybridized carbons (Fsp3) is 0.167. The molecule has 0 spiro atoms. The number of nitrogens with zero attached hydrogens (tertiary/aromatic N) is 2. The summed E-state index contributed by atoms with van der Waals surface area (Å²) in [4.78, 5) is 22.2. The summed E-state index contributed by atoms with van der Waals surface area (Å²) in [5.74, 6) is 0.144. The smallest absolute Gasteiger partial charge is 0.261 e. The van der Waals surface area contributed by atoms with Crippen LogP contribution in [-0.2, 0) is 0 Å². The topological polar surface area (TPSA) is 80.9 Å². The Morgan fingerprint density at radius 2 is 2.00 bits per heavy atom. The Morgan fingerprint density at radius 3 is 2.71 bits per heavy atom. The number of nitrogens with one attached hydrogen (secondary N) is 1. The minimum Gasteiger partial charge on any atom is -0.368 e. The van der Waals surface area contributed by atoms with Crippen molar-refractivity contribution in [3.8, 4) is 10.6 Å². The average molecular weight is 338 g/mol. The summed E-state index contributed by atoms with van der Waals surface area (Å²) in [6.07, 6.45) is 2.44. The van der Waals surface area contributed by atoms with Crippen LogP contribution in [-0.4, -0.2) is 15.9 Å². The second kappa shape index (κ2) is 7.23. The van der Waals surface area contributed by atoms with Crippen LogP contribution in [0.3, 0.4) is 0 Å². The molecule has 0 unspecified atom stereocenters.